The predicted molar refractivity (Wildman–Crippen MR) is 73.3 cm³/mol. The third-order valence-electron chi connectivity index (χ3n) is 4.41. The Morgan fingerprint density at radius 3 is 3.20 bits per heavy atom. The number of rotatable bonds is 2. The molecule has 7 nitrogen and oxygen atoms in total. The van der Waals surface area contributed by atoms with Gasteiger partial charge in [0.15, 0.2) is 5.82 Å². The molecule has 2 saturated heterocycles. The number of aromatic amines is 1. The molecule has 4 rings (SSSR count). The number of nitrogens with one attached hydrogen (secondary N) is 2. The van der Waals surface area contributed by atoms with E-state index in [2.05, 4.69) is 30.6 Å². The summed E-state index contributed by atoms with van der Waals surface area (Å²) in [5.74, 6) is 3.00. The van der Waals surface area contributed by atoms with E-state index in [0.717, 1.165) is 48.6 Å². The second kappa shape index (κ2) is 4.59. The molecule has 2 fully saturated rings. The van der Waals surface area contributed by atoms with Gasteiger partial charge in [-0.25, -0.2) is 0 Å². The molecule has 0 spiro atoms. The highest BCUT2D eigenvalue weighted by Crippen LogP contribution is 2.30. The van der Waals surface area contributed by atoms with E-state index in [4.69, 9.17) is 4.52 Å². The largest absolute Gasteiger partial charge is 0.361 e. The topological polar surface area (TPSA) is 82.9 Å². The Kier molecular flexibility index (Phi) is 2.73. The molecule has 2 aromatic rings. The second-order valence-electron chi connectivity index (χ2n) is 5.60. The van der Waals surface area contributed by atoms with E-state index in [-0.39, 0.29) is 0 Å². The molecular formula is C13H18N6O. The summed E-state index contributed by atoms with van der Waals surface area (Å²) in [6, 6.07) is 0.524. The van der Waals surface area contributed by atoms with Crippen LogP contribution in [0.15, 0.2) is 10.7 Å². The Morgan fingerprint density at radius 1 is 1.40 bits per heavy atom. The van der Waals surface area contributed by atoms with Crippen LogP contribution in [0.25, 0.3) is 11.4 Å². The molecule has 2 aliphatic rings. The molecule has 4 heterocycles. The molecule has 2 unspecified atom stereocenters. The van der Waals surface area contributed by atoms with E-state index >= 15 is 0 Å². The molecule has 2 aromatic heterocycles. The van der Waals surface area contributed by atoms with Gasteiger partial charge in [0.05, 0.1) is 11.8 Å². The van der Waals surface area contributed by atoms with Gasteiger partial charge in [-0.2, -0.15) is 4.98 Å². The van der Waals surface area contributed by atoms with Gasteiger partial charge in [-0.05, 0) is 25.7 Å². The second-order valence-corrected chi connectivity index (χ2v) is 5.60. The quantitative estimate of drug-likeness (QED) is 0.848. The lowest BCUT2D eigenvalue weighted by atomic mass is 9.92. The van der Waals surface area contributed by atoms with E-state index in [9.17, 15) is 0 Å². The molecule has 2 N–H and O–H groups in total. The van der Waals surface area contributed by atoms with Crippen LogP contribution in [0, 0.1) is 12.8 Å². The molecule has 0 bridgehead atoms. The fraction of sp³-hybridized carbons (Fsp3) is 0.615. The number of anilines is 1. The highest BCUT2D eigenvalue weighted by Gasteiger charge is 2.36. The third-order valence-corrected chi connectivity index (χ3v) is 4.41. The minimum atomic E-state index is 0.524. The van der Waals surface area contributed by atoms with Gasteiger partial charge in [0.1, 0.15) is 5.76 Å². The number of piperidine rings is 1. The molecule has 0 saturated carbocycles. The van der Waals surface area contributed by atoms with Crippen LogP contribution in [0.5, 0.6) is 0 Å². The molecule has 20 heavy (non-hydrogen) atoms. The normalized spacial score (nSPS) is 25.9. The summed E-state index contributed by atoms with van der Waals surface area (Å²) in [6.07, 6.45) is 4.19. The van der Waals surface area contributed by atoms with Crippen LogP contribution >= 0.6 is 0 Å². The van der Waals surface area contributed by atoms with E-state index < -0.39 is 0 Å². The minimum absolute atomic E-state index is 0.524. The molecule has 0 aliphatic carbocycles. The first kappa shape index (κ1) is 11.9. The van der Waals surface area contributed by atoms with Gasteiger partial charge in [-0.1, -0.05) is 5.16 Å². The van der Waals surface area contributed by atoms with Crippen LogP contribution in [-0.4, -0.2) is 46.0 Å². The zero-order valence-electron chi connectivity index (χ0n) is 11.5. The highest BCUT2D eigenvalue weighted by atomic mass is 16.5. The lowest BCUT2D eigenvalue weighted by Crippen LogP contribution is -2.45. The van der Waals surface area contributed by atoms with Crippen LogP contribution in [0.2, 0.25) is 0 Å². The van der Waals surface area contributed by atoms with E-state index in [1.54, 1.807) is 6.20 Å². The summed E-state index contributed by atoms with van der Waals surface area (Å²) in [5.41, 5.74) is 0.877. The smallest absolute Gasteiger partial charge is 0.245 e. The lowest BCUT2D eigenvalue weighted by Gasteiger charge is -2.36. The average Bonchev–Trinajstić information content (AvgIpc) is 3.17. The van der Waals surface area contributed by atoms with E-state index in [1.807, 2.05) is 6.92 Å². The maximum atomic E-state index is 5.08. The van der Waals surface area contributed by atoms with Crippen molar-refractivity contribution in [2.24, 2.45) is 5.92 Å². The van der Waals surface area contributed by atoms with Crippen molar-refractivity contribution in [3.63, 3.8) is 0 Å². The fourth-order valence-electron chi connectivity index (χ4n) is 3.34. The number of hydrogen-bond acceptors (Lipinski definition) is 6. The zero-order valence-corrected chi connectivity index (χ0v) is 11.5. The average molecular weight is 274 g/mol. The summed E-state index contributed by atoms with van der Waals surface area (Å²) >= 11 is 0. The first-order chi connectivity index (χ1) is 9.83. The molecule has 7 heteroatoms. The van der Waals surface area contributed by atoms with Gasteiger partial charge in [-0.3, -0.25) is 5.10 Å². The molecule has 0 radical (unpaired) electrons. The van der Waals surface area contributed by atoms with Crippen LogP contribution in [0.4, 0.5) is 5.95 Å². The molecule has 2 aliphatic heterocycles. The summed E-state index contributed by atoms with van der Waals surface area (Å²) in [5, 5.41) is 14.7. The number of aromatic nitrogens is 4. The van der Waals surface area contributed by atoms with Crippen LogP contribution < -0.4 is 10.2 Å². The number of aryl methyl sites for hydroxylation is 1. The van der Waals surface area contributed by atoms with Crippen LogP contribution in [-0.2, 0) is 0 Å². The number of hydrogen-bond donors (Lipinski definition) is 2. The standard InChI is InChI=1S/C13H18N6O/c1-8-10(6-15-20-8)12-16-13(18-17-12)19-4-2-3-9-5-14-7-11(9)19/h6,9,11,14H,2-5,7H2,1H3,(H,16,17,18). The number of nitrogens with zero attached hydrogens (tertiary/aromatic N) is 4. The highest BCUT2D eigenvalue weighted by molar-refractivity contribution is 5.57. The molecular weight excluding hydrogens is 256 g/mol. The Hall–Kier alpha value is -1.89. The van der Waals surface area contributed by atoms with Crippen LogP contribution in [0.3, 0.4) is 0 Å². The van der Waals surface area contributed by atoms with Crippen molar-refractivity contribution in [3.05, 3.63) is 12.0 Å². The maximum absolute atomic E-state index is 5.08. The van der Waals surface area contributed by atoms with Gasteiger partial charge in [-0.15, -0.1) is 5.10 Å². The van der Waals surface area contributed by atoms with Crippen molar-refractivity contribution in [1.82, 2.24) is 25.7 Å². The van der Waals surface area contributed by atoms with Gasteiger partial charge in [0.25, 0.3) is 0 Å². The molecule has 0 aromatic carbocycles. The Morgan fingerprint density at radius 2 is 2.35 bits per heavy atom. The first-order valence-electron chi connectivity index (χ1n) is 7.14. The van der Waals surface area contributed by atoms with Gasteiger partial charge in [0, 0.05) is 25.7 Å². The number of fused-ring (bicyclic) bond motifs is 1. The minimum Gasteiger partial charge on any atom is -0.361 e. The Balaban J connectivity index is 1.63. The third kappa shape index (κ3) is 1.81. The van der Waals surface area contributed by atoms with Crippen LogP contribution in [0.1, 0.15) is 18.6 Å². The Bertz CT molecular complexity index is 606. The molecule has 106 valence electrons. The molecule has 2 atom stereocenters. The van der Waals surface area contributed by atoms with Crippen molar-refractivity contribution >= 4 is 5.95 Å². The van der Waals surface area contributed by atoms with Crippen molar-refractivity contribution in [1.29, 1.82) is 0 Å². The zero-order chi connectivity index (χ0) is 13.5. The predicted octanol–water partition coefficient (Wildman–Crippen LogP) is 0.956. The van der Waals surface area contributed by atoms with Crippen molar-refractivity contribution < 1.29 is 4.52 Å². The van der Waals surface area contributed by atoms with E-state index in [0.29, 0.717) is 6.04 Å². The SMILES string of the molecule is Cc1oncc1-c1nc(N2CCCC3CNCC32)n[nH]1. The van der Waals surface area contributed by atoms with Gasteiger partial charge in [0.2, 0.25) is 5.95 Å². The van der Waals surface area contributed by atoms with E-state index in [1.165, 1.54) is 12.8 Å². The Labute approximate surface area is 116 Å². The lowest BCUT2D eigenvalue weighted by molar-refractivity contribution is 0.381. The number of H-pyrrole nitrogens is 1. The summed E-state index contributed by atoms with van der Waals surface area (Å²) in [7, 11) is 0. The molecule has 0 amide bonds. The summed E-state index contributed by atoms with van der Waals surface area (Å²) < 4.78 is 5.08. The van der Waals surface area contributed by atoms with Crippen molar-refractivity contribution in [2.75, 3.05) is 24.5 Å². The first-order valence-corrected chi connectivity index (χ1v) is 7.14. The van der Waals surface area contributed by atoms with Crippen molar-refractivity contribution in [3.8, 4) is 11.4 Å². The van der Waals surface area contributed by atoms with Gasteiger partial charge >= 0.3 is 0 Å². The summed E-state index contributed by atoms with van der Waals surface area (Å²) in [6.45, 7) is 5.05. The summed E-state index contributed by atoms with van der Waals surface area (Å²) in [4.78, 5) is 6.96. The van der Waals surface area contributed by atoms with Gasteiger partial charge < -0.3 is 14.7 Å². The fourth-order valence-corrected chi connectivity index (χ4v) is 3.34. The maximum Gasteiger partial charge on any atom is 0.245 e. The monoisotopic (exact) mass is 274 g/mol. The van der Waals surface area contributed by atoms with Crippen molar-refractivity contribution in [2.45, 2.75) is 25.8 Å².